The normalized spacial score (nSPS) is 13.1. The summed E-state index contributed by atoms with van der Waals surface area (Å²) in [6.07, 6.45) is 3.07. The van der Waals surface area contributed by atoms with Gasteiger partial charge in [-0.05, 0) is 19.9 Å². The van der Waals surface area contributed by atoms with Crippen molar-refractivity contribution < 1.29 is 4.39 Å². The van der Waals surface area contributed by atoms with Gasteiger partial charge in [-0.3, -0.25) is 0 Å². The van der Waals surface area contributed by atoms with Crippen LogP contribution >= 0.6 is 0 Å². The molecule has 0 aliphatic carbocycles. The zero-order valence-corrected chi connectivity index (χ0v) is 5.48. The summed E-state index contributed by atoms with van der Waals surface area (Å²) in [6, 6.07) is 1.72. The van der Waals surface area contributed by atoms with Crippen LogP contribution in [0, 0.1) is 11.3 Å². The average Bonchev–Trinajstić information content (AvgIpc) is 1.82. The van der Waals surface area contributed by atoms with Gasteiger partial charge in [0.25, 0.3) is 0 Å². The smallest absolute Gasteiger partial charge is 0.115 e. The quantitative estimate of drug-likeness (QED) is 0.389. The van der Waals surface area contributed by atoms with Crippen molar-refractivity contribution in [1.82, 2.24) is 0 Å². The predicted molar refractivity (Wildman–Crippen MR) is 34.2 cm³/mol. The number of halogens is 1. The Morgan fingerprint density at radius 3 is 2.33 bits per heavy atom. The molecule has 0 amide bonds. The minimum Gasteiger partial charge on any atom is -0.211 e. The second kappa shape index (κ2) is 3.85. The van der Waals surface area contributed by atoms with Crippen LogP contribution in [0.2, 0.25) is 0 Å². The van der Waals surface area contributed by atoms with E-state index in [0.29, 0.717) is 0 Å². The first-order chi connectivity index (χ1) is 4.22. The molecule has 0 rings (SSSR count). The van der Waals surface area contributed by atoms with Crippen LogP contribution in [-0.4, -0.2) is 0 Å². The van der Waals surface area contributed by atoms with E-state index in [9.17, 15) is 4.39 Å². The molecule has 0 spiro atoms. The molecule has 0 radical (unpaired) electrons. The van der Waals surface area contributed by atoms with E-state index < -0.39 is 5.83 Å². The molecule has 2 heteroatoms. The van der Waals surface area contributed by atoms with Crippen LogP contribution in [0.15, 0.2) is 23.6 Å². The molecule has 9 heavy (non-hydrogen) atoms. The van der Waals surface area contributed by atoms with E-state index in [2.05, 4.69) is 0 Å². The SMILES string of the molecule is C/C=C\C(C#N)=C(/C)F. The van der Waals surface area contributed by atoms with Crippen molar-refractivity contribution in [3.05, 3.63) is 23.6 Å². The molecule has 0 heterocycles. The van der Waals surface area contributed by atoms with Crippen LogP contribution in [0.3, 0.4) is 0 Å². The molecule has 0 aromatic carbocycles. The maximum absolute atomic E-state index is 12.2. The van der Waals surface area contributed by atoms with Crippen LogP contribution in [0.1, 0.15) is 13.8 Å². The van der Waals surface area contributed by atoms with Crippen LogP contribution in [0.5, 0.6) is 0 Å². The second-order valence-corrected chi connectivity index (χ2v) is 1.56. The monoisotopic (exact) mass is 125 g/mol. The number of nitriles is 1. The van der Waals surface area contributed by atoms with Gasteiger partial charge in [0.2, 0.25) is 0 Å². The van der Waals surface area contributed by atoms with Gasteiger partial charge < -0.3 is 0 Å². The van der Waals surface area contributed by atoms with Crippen molar-refractivity contribution >= 4 is 0 Å². The third-order valence-electron chi connectivity index (χ3n) is 0.825. The molecule has 0 unspecified atom stereocenters. The van der Waals surface area contributed by atoms with Gasteiger partial charge in [0.05, 0.1) is 5.57 Å². The highest BCUT2D eigenvalue weighted by atomic mass is 19.1. The highest BCUT2D eigenvalue weighted by Crippen LogP contribution is 2.04. The minimum atomic E-state index is -0.435. The molecule has 0 N–H and O–H groups in total. The first-order valence-corrected chi connectivity index (χ1v) is 2.61. The van der Waals surface area contributed by atoms with E-state index in [1.807, 2.05) is 0 Å². The summed E-state index contributed by atoms with van der Waals surface area (Å²) in [4.78, 5) is 0. The standard InChI is InChI=1S/C7H8FN/c1-3-4-7(5-9)6(2)8/h3-4H,1-2H3/b4-3-,7-6-. The summed E-state index contributed by atoms with van der Waals surface area (Å²) in [5, 5.41) is 8.23. The number of hydrogen-bond acceptors (Lipinski definition) is 1. The first-order valence-electron chi connectivity index (χ1n) is 2.61. The summed E-state index contributed by atoms with van der Waals surface area (Å²) in [5.41, 5.74) is 0.0949. The van der Waals surface area contributed by atoms with Crippen LogP contribution in [0.4, 0.5) is 4.39 Å². The molecular weight excluding hydrogens is 117 g/mol. The first kappa shape index (κ1) is 7.90. The maximum Gasteiger partial charge on any atom is 0.115 e. The van der Waals surface area contributed by atoms with Gasteiger partial charge in [-0.2, -0.15) is 5.26 Å². The van der Waals surface area contributed by atoms with Gasteiger partial charge in [0.1, 0.15) is 11.9 Å². The Morgan fingerprint density at radius 2 is 2.22 bits per heavy atom. The minimum absolute atomic E-state index is 0.0949. The third-order valence-corrected chi connectivity index (χ3v) is 0.825. The number of nitrogens with zero attached hydrogens (tertiary/aromatic N) is 1. The molecular formula is C7H8FN. The molecule has 0 aliphatic rings. The Morgan fingerprint density at radius 1 is 1.67 bits per heavy atom. The van der Waals surface area contributed by atoms with Gasteiger partial charge in [0, 0.05) is 0 Å². The fourth-order valence-electron chi connectivity index (χ4n) is 0.396. The van der Waals surface area contributed by atoms with E-state index >= 15 is 0 Å². The van der Waals surface area contributed by atoms with Gasteiger partial charge >= 0.3 is 0 Å². The zero-order valence-electron chi connectivity index (χ0n) is 5.48. The number of hydrogen-bond donors (Lipinski definition) is 0. The zero-order chi connectivity index (χ0) is 7.28. The molecule has 0 fully saturated rings. The van der Waals surface area contributed by atoms with E-state index in [1.165, 1.54) is 13.0 Å². The van der Waals surface area contributed by atoms with Crippen molar-refractivity contribution in [2.24, 2.45) is 0 Å². The molecule has 1 nitrogen and oxygen atoms in total. The van der Waals surface area contributed by atoms with Crippen molar-refractivity contribution in [1.29, 1.82) is 5.26 Å². The van der Waals surface area contributed by atoms with Crippen LogP contribution in [0.25, 0.3) is 0 Å². The van der Waals surface area contributed by atoms with E-state index in [4.69, 9.17) is 5.26 Å². The molecule has 0 aromatic heterocycles. The Balaban J connectivity index is 4.41. The lowest BCUT2D eigenvalue weighted by Gasteiger charge is -1.84. The highest BCUT2D eigenvalue weighted by Gasteiger charge is 1.92. The predicted octanol–water partition coefficient (Wildman–Crippen LogP) is 2.33. The Bertz CT molecular complexity index is 180. The maximum atomic E-state index is 12.2. The van der Waals surface area contributed by atoms with Gasteiger partial charge in [-0.1, -0.05) is 6.08 Å². The summed E-state index contributed by atoms with van der Waals surface area (Å²) in [5.74, 6) is -0.435. The number of allylic oxidation sites excluding steroid dienone is 4. The molecule has 48 valence electrons. The Hall–Kier alpha value is -1.10. The molecule has 0 bridgehead atoms. The Kier molecular flexibility index (Phi) is 3.38. The highest BCUT2D eigenvalue weighted by molar-refractivity contribution is 5.34. The van der Waals surface area contributed by atoms with Crippen LogP contribution < -0.4 is 0 Å². The lowest BCUT2D eigenvalue weighted by atomic mass is 10.2. The van der Waals surface area contributed by atoms with Crippen molar-refractivity contribution in [2.75, 3.05) is 0 Å². The topological polar surface area (TPSA) is 23.8 Å². The van der Waals surface area contributed by atoms with Crippen molar-refractivity contribution in [3.63, 3.8) is 0 Å². The molecule has 0 saturated carbocycles. The van der Waals surface area contributed by atoms with Gasteiger partial charge in [-0.25, -0.2) is 4.39 Å². The van der Waals surface area contributed by atoms with Crippen molar-refractivity contribution in [2.45, 2.75) is 13.8 Å². The van der Waals surface area contributed by atoms with E-state index in [0.717, 1.165) is 0 Å². The van der Waals surface area contributed by atoms with Gasteiger partial charge in [0.15, 0.2) is 0 Å². The van der Waals surface area contributed by atoms with E-state index in [1.54, 1.807) is 19.1 Å². The lowest BCUT2D eigenvalue weighted by Crippen LogP contribution is -1.72. The molecule has 0 atom stereocenters. The summed E-state index contributed by atoms with van der Waals surface area (Å²) < 4.78 is 12.2. The summed E-state index contributed by atoms with van der Waals surface area (Å²) >= 11 is 0. The summed E-state index contributed by atoms with van der Waals surface area (Å²) in [7, 11) is 0. The van der Waals surface area contributed by atoms with Crippen LogP contribution in [-0.2, 0) is 0 Å². The molecule has 0 aromatic rings. The van der Waals surface area contributed by atoms with Crippen molar-refractivity contribution in [3.8, 4) is 6.07 Å². The molecule has 0 saturated heterocycles. The lowest BCUT2D eigenvalue weighted by molar-refractivity contribution is 0.635. The third kappa shape index (κ3) is 2.65. The fraction of sp³-hybridized carbons (Fsp3) is 0.286. The number of rotatable bonds is 1. The Labute approximate surface area is 54.1 Å². The second-order valence-electron chi connectivity index (χ2n) is 1.56. The average molecular weight is 125 g/mol. The summed E-state index contributed by atoms with van der Waals surface area (Å²) in [6.45, 7) is 3.00. The van der Waals surface area contributed by atoms with Gasteiger partial charge in [-0.15, -0.1) is 0 Å². The fourth-order valence-corrected chi connectivity index (χ4v) is 0.396. The molecule has 0 aliphatic heterocycles. The largest absolute Gasteiger partial charge is 0.211 e. The van der Waals surface area contributed by atoms with E-state index in [-0.39, 0.29) is 5.57 Å².